The Kier molecular flexibility index (Phi) is 47.1. The maximum absolute atomic E-state index is 12.7. The van der Waals surface area contributed by atoms with Gasteiger partial charge in [-0.3, -0.25) is 18.6 Å². The number of unbranched alkanes of at least 4 members (excludes halogenated alkanes) is 38. The zero-order valence-electron chi connectivity index (χ0n) is 40.8. The first-order chi connectivity index (χ1) is 30.2. The molecule has 0 rings (SSSR count). The van der Waals surface area contributed by atoms with Gasteiger partial charge in [0.2, 0.25) is 0 Å². The van der Waals surface area contributed by atoms with Crippen LogP contribution >= 0.6 is 7.82 Å². The van der Waals surface area contributed by atoms with Crippen LogP contribution in [0.25, 0.3) is 0 Å². The van der Waals surface area contributed by atoms with E-state index in [1.807, 2.05) is 0 Å². The molecular formula is C51H102NO9P. The minimum Gasteiger partial charge on any atom is -0.480 e. The Morgan fingerprint density at radius 2 is 0.742 bits per heavy atom. The lowest BCUT2D eigenvalue weighted by Gasteiger charge is -2.20. The molecule has 11 heteroatoms. The van der Waals surface area contributed by atoms with E-state index < -0.39 is 45.1 Å². The topological polar surface area (TPSA) is 155 Å². The van der Waals surface area contributed by atoms with Crippen LogP contribution in [0.5, 0.6) is 0 Å². The molecule has 0 saturated heterocycles. The summed E-state index contributed by atoms with van der Waals surface area (Å²) in [5.74, 6) is -1.76. The summed E-state index contributed by atoms with van der Waals surface area (Å²) in [7, 11) is -4.61. The summed E-state index contributed by atoms with van der Waals surface area (Å²) in [5.41, 5.74) is 5.38. The predicted molar refractivity (Wildman–Crippen MR) is 259 cm³/mol. The lowest BCUT2D eigenvalue weighted by atomic mass is 10.0. The van der Waals surface area contributed by atoms with Gasteiger partial charge in [0.05, 0.1) is 19.8 Å². The van der Waals surface area contributed by atoms with E-state index in [1.165, 1.54) is 218 Å². The molecule has 0 saturated carbocycles. The van der Waals surface area contributed by atoms with Crippen molar-refractivity contribution in [2.75, 3.05) is 26.4 Å². The van der Waals surface area contributed by atoms with Gasteiger partial charge in [-0.1, -0.05) is 258 Å². The number of carbonyl (C=O) groups is 2. The Morgan fingerprint density at radius 3 is 1.06 bits per heavy atom. The van der Waals surface area contributed by atoms with E-state index in [0.29, 0.717) is 6.61 Å². The van der Waals surface area contributed by atoms with E-state index in [2.05, 4.69) is 13.8 Å². The first-order valence-corrected chi connectivity index (χ1v) is 28.1. The Morgan fingerprint density at radius 1 is 0.452 bits per heavy atom. The Hall–Kier alpha value is -1.03. The number of esters is 1. The summed E-state index contributed by atoms with van der Waals surface area (Å²) in [6.07, 6.45) is 51.7. The smallest absolute Gasteiger partial charge is 0.472 e. The third kappa shape index (κ3) is 46.9. The molecule has 0 aromatic carbocycles. The van der Waals surface area contributed by atoms with Gasteiger partial charge in [-0.15, -0.1) is 0 Å². The third-order valence-electron chi connectivity index (χ3n) is 12.1. The van der Waals surface area contributed by atoms with Crippen molar-refractivity contribution in [1.82, 2.24) is 0 Å². The van der Waals surface area contributed by atoms with Crippen LogP contribution in [0.2, 0.25) is 0 Å². The molecule has 0 aliphatic rings. The molecule has 0 heterocycles. The summed E-state index contributed by atoms with van der Waals surface area (Å²) in [4.78, 5) is 33.7. The Balaban J connectivity index is 4.03. The fourth-order valence-electron chi connectivity index (χ4n) is 8.02. The van der Waals surface area contributed by atoms with E-state index in [-0.39, 0.29) is 13.0 Å². The number of phosphoric ester groups is 1. The second-order valence-electron chi connectivity index (χ2n) is 18.4. The fraction of sp³-hybridized carbons (Fsp3) is 0.961. The molecule has 4 N–H and O–H groups in total. The number of phosphoric acid groups is 1. The molecule has 370 valence electrons. The number of aliphatic carboxylic acids is 1. The molecule has 3 atom stereocenters. The summed E-state index contributed by atoms with van der Waals surface area (Å²) in [6, 6.07) is -1.47. The Labute approximate surface area is 382 Å². The highest BCUT2D eigenvalue weighted by molar-refractivity contribution is 7.47. The van der Waals surface area contributed by atoms with Crippen molar-refractivity contribution in [3.8, 4) is 0 Å². The van der Waals surface area contributed by atoms with Crippen LogP contribution < -0.4 is 5.73 Å². The quantitative estimate of drug-likeness (QED) is 0.0305. The van der Waals surface area contributed by atoms with Crippen molar-refractivity contribution in [2.45, 2.75) is 289 Å². The molecule has 0 radical (unpaired) electrons. The van der Waals surface area contributed by atoms with Crippen LogP contribution in [0, 0.1) is 0 Å². The second kappa shape index (κ2) is 47.9. The first-order valence-electron chi connectivity index (χ1n) is 26.6. The summed E-state index contributed by atoms with van der Waals surface area (Å²) in [5, 5.41) is 8.93. The number of nitrogens with two attached hydrogens (primary N) is 1. The number of carboxylic acid groups (broad SMARTS) is 1. The van der Waals surface area contributed by atoms with Crippen LogP contribution in [0.4, 0.5) is 0 Å². The van der Waals surface area contributed by atoms with E-state index >= 15 is 0 Å². The van der Waals surface area contributed by atoms with Crippen LogP contribution in [-0.4, -0.2) is 60.5 Å². The number of ether oxygens (including phenoxy) is 2. The van der Waals surface area contributed by atoms with Gasteiger partial charge < -0.3 is 25.2 Å². The van der Waals surface area contributed by atoms with Gasteiger partial charge in [0.1, 0.15) is 12.1 Å². The SMILES string of the molecule is CCCCCCCCCCCCCCCCCCCCCCCCCCC(=O)O[C@H](COCCCCCCCCCCCCCCCCCC)COP(=O)(O)OC[C@H](N)C(=O)O. The Bertz CT molecular complexity index is 1000. The van der Waals surface area contributed by atoms with E-state index in [0.717, 1.165) is 38.5 Å². The van der Waals surface area contributed by atoms with Gasteiger partial charge >= 0.3 is 19.8 Å². The standard InChI is InChI=1S/C51H102NO9P/c1-3-5-7-9-11-13-15-17-19-21-22-23-24-25-26-27-28-29-31-33-35-37-39-41-43-50(53)61-48(46-59-62(56,57)60-47-49(52)51(54)55)45-58-44-42-40-38-36-34-32-30-20-18-16-14-12-10-8-6-4-2/h48-49H,3-47,52H2,1-2H3,(H,54,55)(H,56,57)/t48-,49+/m1/s1. The maximum Gasteiger partial charge on any atom is 0.472 e. The molecule has 0 spiro atoms. The molecule has 0 aliphatic heterocycles. The highest BCUT2D eigenvalue weighted by Crippen LogP contribution is 2.43. The molecule has 1 unspecified atom stereocenters. The van der Waals surface area contributed by atoms with Crippen molar-refractivity contribution in [2.24, 2.45) is 5.73 Å². The largest absolute Gasteiger partial charge is 0.480 e. The predicted octanol–water partition coefficient (Wildman–Crippen LogP) is 15.5. The van der Waals surface area contributed by atoms with Crippen LogP contribution in [-0.2, 0) is 32.7 Å². The van der Waals surface area contributed by atoms with Gasteiger partial charge in [-0.2, -0.15) is 0 Å². The fourth-order valence-corrected chi connectivity index (χ4v) is 8.80. The number of carbonyl (C=O) groups excluding carboxylic acids is 1. The minimum atomic E-state index is -4.61. The van der Waals surface area contributed by atoms with Crippen molar-refractivity contribution < 1.29 is 42.7 Å². The van der Waals surface area contributed by atoms with Gasteiger partial charge in [0.15, 0.2) is 0 Å². The molecule has 0 amide bonds. The molecule has 0 aliphatic carbocycles. The van der Waals surface area contributed by atoms with Crippen molar-refractivity contribution in [3.05, 3.63) is 0 Å². The minimum absolute atomic E-state index is 0.0263. The van der Waals surface area contributed by atoms with Crippen LogP contribution in [0.3, 0.4) is 0 Å². The highest BCUT2D eigenvalue weighted by Gasteiger charge is 2.27. The zero-order chi connectivity index (χ0) is 45.5. The molecule has 0 fully saturated rings. The number of hydrogen-bond acceptors (Lipinski definition) is 8. The van der Waals surface area contributed by atoms with Crippen molar-refractivity contribution in [1.29, 1.82) is 0 Å². The summed E-state index contributed by atoms with van der Waals surface area (Å²) < 4.78 is 33.5. The van der Waals surface area contributed by atoms with Crippen molar-refractivity contribution in [3.63, 3.8) is 0 Å². The average molecular weight is 904 g/mol. The molecule has 0 aromatic heterocycles. The van der Waals surface area contributed by atoms with E-state index in [4.69, 9.17) is 29.4 Å². The van der Waals surface area contributed by atoms with Gasteiger partial charge in [0, 0.05) is 13.0 Å². The van der Waals surface area contributed by atoms with Crippen LogP contribution in [0.1, 0.15) is 277 Å². The van der Waals surface area contributed by atoms with Crippen molar-refractivity contribution >= 4 is 19.8 Å². The maximum atomic E-state index is 12.7. The van der Waals surface area contributed by atoms with Gasteiger partial charge in [0.25, 0.3) is 0 Å². The molecular weight excluding hydrogens is 802 g/mol. The van der Waals surface area contributed by atoms with Gasteiger partial charge in [-0.05, 0) is 12.8 Å². The number of rotatable bonds is 52. The first kappa shape index (κ1) is 61.0. The lowest BCUT2D eigenvalue weighted by Crippen LogP contribution is -2.34. The number of carboxylic acids is 1. The highest BCUT2D eigenvalue weighted by atomic mass is 31.2. The molecule has 62 heavy (non-hydrogen) atoms. The second-order valence-corrected chi connectivity index (χ2v) is 19.8. The molecule has 0 aromatic rings. The monoisotopic (exact) mass is 904 g/mol. The van der Waals surface area contributed by atoms with E-state index in [1.54, 1.807) is 0 Å². The zero-order valence-corrected chi connectivity index (χ0v) is 41.6. The third-order valence-corrected chi connectivity index (χ3v) is 13.1. The molecule has 10 nitrogen and oxygen atoms in total. The molecule has 0 bridgehead atoms. The van der Waals surface area contributed by atoms with Crippen LogP contribution in [0.15, 0.2) is 0 Å². The summed E-state index contributed by atoms with van der Waals surface area (Å²) in [6.45, 7) is 3.96. The van der Waals surface area contributed by atoms with E-state index in [9.17, 15) is 19.0 Å². The van der Waals surface area contributed by atoms with Gasteiger partial charge in [-0.25, -0.2) is 4.57 Å². The number of hydrogen-bond donors (Lipinski definition) is 3. The summed E-state index contributed by atoms with van der Waals surface area (Å²) >= 11 is 0. The average Bonchev–Trinajstić information content (AvgIpc) is 3.25. The normalized spacial score (nSPS) is 13.6. The lowest BCUT2D eigenvalue weighted by molar-refractivity contribution is -0.154.